The first kappa shape index (κ1) is 14.1. The molecule has 4 bridgehead atoms. The van der Waals surface area contributed by atoms with Crippen LogP contribution in [0.1, 0.15) is 15.9 Å². The molecule has 2 heterocycles. The minimum absolute atomic E-state index is 0.0384. The summed E-state index contributed by atoms with van der Waals surface area (Å²) in [4.78, 5) is 23.8. The third kappa shape index (κ3) is 2.42. The van der Waals surface area contributed by atoms with E-state index < -0.39 is 12.3 Å². The lowest BCUT2D eigenvalue weighted by atomic mass is 9.83. The van der Waals surface area contributed by atoms with Crippen molar-refractivity contribution in [3.63, 3.8) is 0 Å². The average molecular weight is 312 g/mol. The standard InChI is InChI=1S/C18H16O5/c1-10-2-4-11(5-3-10)16(19)21-9-12-8-15-13-6-7-14(15)18(22-12)23-17(13)20/h2-8,13-15,18H,9H2,1H3/t13-,14+,15-,18+/m1/s1. The van der Waals surface area contributed by atoms with Gasteiger partial charge in [-0.15, -0.1) is 0 Å². The predicted molar refractivity (Wildman–Crippen MR) is 80.1 cm³/mol. The molecule has 118 valence electrons. The Morgan fingerprint density at radius 3 is 2.70 bits per heavy atom. The lowest BCUT2D eigenvalue weighted by Crippen LogP contribution is -2.44. The molecule has 0 saturated carbocycles. The largest absolute Gasteiger partial charge is 0.455 e. The fourth-order valence-corrected chi connectivity index (χ4v) is 3.24. The number of carbonyl (C=O) groups is 2. The Morgan fingerprint density at radius 1 is 1.13 bits per heavy atom. The van der Waals surface area contributed by atoms with Crippen molar-refractivity contribution in [2.75, 3.05) is 6.61 Å². The van der Waals surface area contributed by atoms with E-state index in [9.17, 15) is 9.59 Å². The highest BCUT2D eigenvalue weighted by atomic mass is 16.7. The minimum Gasteiger partial charge on any atom is -0.455 e. The van der Waals surface area contributed by atoms with Gasteiger partial charge in [-0.3, -0.25) is 4.79 Å². The van der Waals surface area contributed by atoms with E-state index in [1.807, 2.05) is 37.3 Å². The summed E-state index contributed by atoms with van der Waals surface area (Å²) in [5, 5.41) is 0. The molecule has 1 aromatic carbocycles. The van der Waals surface area contributed by atoms with Gasteiger partial charge in [-0.05, 0) is 25.1 Å². The number of esters is 2. The average Bonchev–Trinajstić information content (AvgIpc) is 2.89. The van der Waals surface area contributed by atoms with Crippen molar-refractivity contribution in [2.24, 2.45) is 17.8 Å². The number of ether oxygens (including phenoxy) is 3. The maximum absolute atomic E-state index is 12.0. The summed E-state index contributed by atoms with van der Waals surface area (Å²) < 4.78 is 16.2. The lowest BCUT2D eigenvalue weighted by molar-refractivity contribution is -0.204. The summed E-state index contributed by atoms with van der Waals surface area (Å²) in [6, 6.07) is 7.18. The maximum Gasteiger partial charge on any atom is 0.338 e. The Hall–Kier alpha value is -2.56. The van der Waals surface area contributed by atoms with E-state index in [4.69, 9.17) is 14.2 Å². The quantitative estimate of drug-likeness (QED) is 0.633. The highest BCUT2D eigenvalue weighted by Gasteiger charge is 2.50. The topological polar surface area (TPSA) is 61.8 Å². The molecule has 5 nitrogen and oxygen atoms in total. The van der Waals surface area contributed by atoms with Crippen LogP contribution in [0, 0.1) is 24.7 Å². The zero-order chi connectivity index (χ0) is 16.0. The number of benzene rings is 1. The Balaban J connectivity index is 1.43. The van der Waals surface area contributed by atoms with Crippen LogP contribution in [0.25, 0.3) is 0 Å². The van der Waals surface area contributed by atoms with Gasteiger partial charge < -0.3 is 14.2 Å². The number of rotatable bonds is 3. The molecule has 4 atom stereocenters. The van der Waals surface area contributed by atoms with E-state index in [1.54, 1.807) is 12.1 Å². The van der Waals surface area contributed by atoms with Crippen molar-refractivity contribution >= 4 is 11.9 Å². The molecule has 0 aromatic heterocycles. The normalized spacial score (nSPS) is 30.3. The SMILES string of the molecule is Cc1ccc(C(=O)OCC2=C[C@H]3[C@@H]4C=C[C@H]3C(=O)O[C@@H]4O2)cc1. The van der Waals surface area contributed by atoms with Crippen LogP contribution in [0.5, 0.6) is 0 Å². The summed E-state index contributed by atoms with van der Waals surface area (Å²) in [7, 11) is 0. The molecular weight excluding hydrogens is 296 g/mol. The maximum atomic E-state index is 12.0. The monoisotopic (exact) mass is 312 g/mol. The molecule has 0 radical (unpaired) electrons. The molecule has 1 fully saturated rings. The van der Waals surface area contributed by atoms with E-state index in [2.05, 4.69) is 0 Å². The van der Waals surface area contributed by atoms with Gasteiger partial charge in [0.25, 0.3) is 6.29 Å². The van der Waals surface area contributed by atoms with Crippen LogP contribution in [0.2, 0.25) is 0 Å². The van der Waals surface area contributed by atoms with E-state index in [0.29, 0.717) is 11.3 Å². The van der Waals surface area contributed by atoms with Gasteiger partial charge in [0.15, 0.2) is 0 Å². The van der Waals surface area contributed by atoms with Gasteiger partial charge in [0.2, 0.25) is 0 Å². The van der Waals surface area contributed by atoms with Crippen molar-refractivity contribution in [1.29, 1.82) is 0 Å². The fourth-order valence-electron chi connectivity index (χ4n) is 3.24. The number of hydrogen-bond donors (Lipinski definition) is 0. The van der Waals surface area contributed by atoms with Crippen molar-refractivity contribution in [1.82, 2.24) is 0 Å². The first-order valence-corrected chi connectivity index (χ1v) is 7.62. The number of aryl methyl sites for hydroxylation is 1. The van der Waals surface area contributed by atoms with E-state index >= 15 is 0 Å². The van der Waals surface area contributed by atoms with Gasteiger partial charge >= 0.3 is 11.9 Å². The minimum atomic E-state index is -0.611. The first-order chi connectivity index (χ1) is 11.1. The van der Waals surface area contributed by atoms with Crippen molar-refractivity contribution < 1.29 is 23.8 Å². The summed E-state index contributed by atoms with van der Waals surface area (Å²) in [6.45, 7) is 1.99. The van der Waals surface area contributed by atoms with Crippen LogP contribution < -0.4 is 0 Å². The van der Waals surface area contributed by atoms with Crippen LogP contribution >= 0.6 is 0 Å². The third-order valence-electron chi connectivity index (χ3n) is 4.50. The molecule has 2 aliphatic heterocycles. The molecule has 1 saturated heterocycles. The van der Waals surface area contributed by atoms with Gasteiger partial charge in [0.1, 0.15) is 12.4 Å². The molecule has 3 aliphatic rings. The lowest BCUT2D eigenvalue weighted by Gasteiger charge is -2.38. The molecule has 0 spiro atoms. The predicted octanol–water partition coefficient (Wildman–Crippen LogP) is 2.37. The van der Waals surface area contributed by atoms with Crippen LogP contribution in [-0.2, 0) is 19.0 Å². The van der Waals surface area contributed by atoms with Crippen LogP contribution in [0.15, 0.2) is 48.3 Å². The van der Waals surface area contributed by atoms with Crippen LogP contribution in [0.3, 0.4) is 0 Å². The molecule has 0 unspecified atom stereocenters. The molecular formula is C18H16O5. The summed E-state index contributed by atoms with van der Waals surface area (Å²) in [5.41, 5.74) is 1.58. The second-order valence-electron chi connectivity index (χ2n) is 6.06. The molecule has 5 heteroatoms. The van der Waals surface area contributed by atoms with Crippen LogP contribution in [-0.4, -0.2) is 24.8 Å². The fraction of sp³-hybridized carbons (Fsp3) is 0.333. The highest BCUT2D eigenvalue weighted by molar-refractivity contribution is 5.89. The van der Waals surface area contributed by atoms with Crippen LogP contribution in [0.4, 0.5) is 0 Å². The molecule has 23 heavy (non-hydrogen) atoms. The highest BCUT2D eigenvalue weighted by Crippen LogP contribution is 2.44. The van der Waals surface area contributed by atoms with Gasteiger partial charge in [-0.2, -0.15) is 0 Å². The van der Waals surface area contributed by atoms with Crippen molar-refractivity contribution in [3.8, 4) is 0 Å². The second kappa shape index (κ2) is 5.26. The summed E-state index contributed by atoms with van der Waals surface area (Å²) >= 11 is 0. The molecule has 4 rings (SSSR count). The van der Waals surface area contributed by atoms with E-state index in [0.717, 1.165) is 5.56 Å². The molecule has 1 aliphatic carbocycles. The van der Waals surface area contributed by atoms with Crippen molar-refractivity contribution in [3.05, 3.63) is 59.4 Å². The molecule has 0 N–H and O–H groups in total. The van der Waals surface area contributed by atoms with Gasteiger partial charge in [0, 0.05) is 5.92 Å². The molecule has 0 amide bonds. The summed E-state index contributed by atoms with van der Waals surface area (Å²) in [5.74, 6) is -0.251. The Labute approximate surface area is 133 Å². The Kier molecular flexibility index (Phi) is 3.22. The smallest absolute Gasteiger partial charge is 0.338 e. The van der Waals surface area contributed by atoms with Gasteiger partial charge in [-0.1, -0.05) is 29.8 Å². The van der Waals surface area contributed by atoms with E-state index in [-0.39, 0.29) is 30.3 Å². The molecule has 1 aromatic rings. The number of hydrogen-bond acceptors (Lipinski definition) is 5. The number of allylic oxidation sites excluding steroid dienone is 1. The third-order valence-corrected chi connectivity index (χ3v) is 4.50. The van der Waals surface area contributed by atoms with Crippen molar-refractivity contribution in [2.45, 2.75) is 13.2 Å². The Morgan fingerprint density at radius 2 is 1.91 bits per heavy atom. The summed E-state index contributed by atoms with van der Waals surface area (Å²) in [6.07, 6.45) is 5.12. The first-order valence-electron chi connectivity index (χ1n) is 7.62. The number of carbonyl (C=O) groups excluding carboxylic acids is 2. The zero-order valence-electron chi connectivity index (χ0n) is 12.6. The van der Waals surface area contributed by atoms with E-state index in [1.165, 1.54) is 0 Å². The van der Waals surface area contributed by atoms with Gasteiger partial charge in [-0.25, -0.2) is 4.79 Å². The Bertz CT molecular complexity index is 715. The van der Waals surface area contributed by atoms with Gasteiger partial charge in [0.05, 0.1) is 17.4 Å². The second-order valence-corrected chi connectivity index (χ2v) is 6.06. The zero-order valence-corrected chi connectivity index (χ0v) is 12.6.